The molecule has 3 heterocycles. The first-order valence-corrected chi connectivity index (χ1v) is 11.8. The van der Waals surface area contributed by atoms with Gasteiger partial charge in [-0.25, -0.2) is 9.40 Å². The maximum Gasteiger partial charge on any atom is 0.262 e. The maximum atomic E-state index is 13.6. The van der Waals surface area contributed by atoms with Gasteiger partial charge in [-0.05, 0) is 29.8 Å². The van der Waals surface area contributed by atoms with Crippen molar-refractivity contribution < 1.29 is 18.7 Å². The van der Waals surface area contributed by atoms with Crippen molar-refractivity contribution in [1.29, 1.82) is 0 Å². The molecule has 1 atom stereocenters. The minimum absolute atomic E-state index is 0.0430. The summed E-state index contributed by atoms with van der Waals surface area (Å²) in [6, 6.07) is 9.72. The van der Waals surface area contributed by atoms with Crippen LogP contribution in [0.25, 0.3) is 0 Å². The van der Waals surface area contributed by atoms with Gasteiger partial charge in [0, 0.05) is 52.3 Å². The van der Waals surface area contributed by atoms with Gasteiger partial charge in [0.2, 0.25) is 5.91 Å². The van der Waals surface area contributed by atoms with E-state index in [1.165, 1.54) is 17.1 Å². The van der Waals surface area contributed by atoms with Crippen molar-refractivity contribution >= 4 is 17.5 Å². The second-order valence-electron chi connectivity index (χ2n) is 8.68. The van der Waals surface area contributed by atoms with E-state index in [-0.39, 0.29) is 30.2 Å². The summed E-state index contributed by atoms with van der Waals surface area (Å²) in [4.78, 5) is 30.0. The molecule has 1 unspecified atom stereocenters. The second kappa shape index (κ2) is 10.9. The lowest BCUT2D eigenvalue weighted by Crippen LogP contribution is -2.46. The number of halogens is 1. The number of nitrogens with zero attached hydrogens (tertiary/aromatic N) is 5. The Hall–Kier alpha value is -3.04. The van der Waals surface area contributed by atoms with Gasteiger partial charge in [0.05, 0.1) is 30.7 Å². The molecule has 9 heteroatoms. The van der Waals surface area contributed by atoms with E-state index in [1.807, 2.05) is 29.9 Å². The van der Waals surface area contributed by atoms with E-state index in [0.717, 1.165) is 30.1 Å². The molecule has 2 aliphatic heterocycles. The van der Waals surface area contributed by atoms with Crippen molar-refractivity contribution in [2.75, 3.05) is 45.9 Å². The van der Waals surface area contributed by atoms with Crippen molar-refractivity contribution in [1.82, 2.24) is 19.4 Å². The third-order valence-electron chi connectivity index (χ3n) is 6.43. The van der Waals surface area contributed by atoms with E-state index in [4.69, 9.17) is 4.74 Å². The van der Waals surface area contributed by atoms with Crippen LogP contribution in [0.3, 0.4) is 0 Å². The van der Waals surface area contributed by atoms with Gasteiger partial charge in [-0.3, -0.25) is 14.5 Å². The molecule has 4 rings (SSSR count). The monoisotopic (exact) mass is 469 g/mol. The molecule has 0 N–H and O–H groups in total. The molecule has 2 aromatic rings. The number of morpholine rings is 1. The predicted octanol–water partition coefficient (Wildman–Crippen LogP) is 2.41. The number of aromatic nitrogens is 1. The number of carbonyl (C=O) groups is 2. The van der Waals surface area contributed by atoms with E-state index >= 15 is 0 Å². The van der Waals surface area contributed by atoms with Crippen LogP contribution in [0, 0.1) is 5.82 Å². The Labute approximate surface area is 199 Å². The van der Waals surface area contributed by atoms with Crippen LogP contribution in [0.4, 0.5) is 4.39 Å². The summed E-state index contributed by atoms with van der Waals surface area (Å²) in [7, 11) is 1.93. The number of benzene rings is 1. The van der Waals surface area contributed by atoms with Crippen molar-refractivity contribution in [3.8, 4) is 0 Å². The van der Waals surface area contributed by atoms with Gasteiger partial charge >= 0.3 is 0 Å². The molecule has 182 valence electrons. The molecule has 0 saturated carbocycles. The van der Waals surface area contributed by atoms with Crippen molar-refractivity contribution in [3.63, 3.8) is 0 Å². The molecule has 34 heavy (non-hydrogen) atoms. The number of rotatable bonds is 8. The highest BCUT2D eigenvalue weighted by molar-refractivity contribution is 6.02. The second-order valence-corrected chi connectivity index (χ2v) is 8.68. The third-order valence-corrected chi connectivity index (χ3v) is 6.43. The summed E-state index contributed by atoms with van der Waals surface area (Å²) in [5.41, 5.74) is 2.53. The van der Waals surface area contributed by atoms with E-state index < -0.39 is 0 Å². The van der Waals surface area contributed by atoms with Crippen LogP contribution in [-0.2, 0) is 21.4 Å². The van der Waals surface area contributed by atoms with Gasteiger partial charge in [-0.2, -0.15) is 5.10 Å². The summed E-state index contributed by atoms with van der Waals surface area (Å²) in [5.74, 6) is -0.640. The number of aryl methyl sites for hydroxylation is 1. The Bertz CT molecular complexity index is 1030. The first-order valence-electron chi connectivity index (χ1n) is 11.8. The molecule has 2 amide bonds. The number of hydrogen-bond acceptors (Lipinski definition) is 5. The fourth-order valence-corrected chi connectivity index (χ4v) is 4.44. The summed E-state index contributed by atoms with van der Waals surface area (Å²) >= 11 is 0. The summed E-state index contributed by atoms with van der Waals surface area (Å²) in [5, 5.41) is 6.15. The Morgan fingerprint density at radius 2 is 1.91 bits per heavy atom. The molecular formula is C25H32FN5O3. The highest BCUT2D eigenvalue weighted by Gasteiger charge is 2.35. The molecular weight excluding hydrogens is 437 g/mol. The lowest BCUT2D eigenvalue weighted by atomic mass is 10.0. The summed E-state index contributed by atoms with van der Waals surface area (Å²) in [6.07, 6.45) is 2.78. The molecule has 0 bridgehead atoms. The molecule has 2 aliphatic rings. The Kier molecular flexibility index (Phi) is 7.74. The zero-order valence-electron chi connectivity index (χ0n) is 19.8. The topological polar surface area (TPSA) is 70.4 Å². The highest BCUT2D eigenvalue weighted by atomic mass is 19.1. The molecule has 0 radical (unpaired) electrons. The Morgan fingerprint density at radius 3 is 2.56 bits per heavy atom. The molecule has 1 aromatic carbocycles. The van der Waals surface area contributed by atoms with Gasteiger partial charge < -0.3 is 14.2 Å². The Morgan fingerprint density at radius 1 is 1.18 bits per heavy atom. The van der Waals surface area contributed by atoms with E-state index in [1.54, 1.807) is 24.0 Å². The first-order chi connectivity index (χ1) is 16.5. The number of hydrazone groups is 1. The third kappa shape index (κ3) is 5.53. The molecule has 0 aliphatic carbocycles. The zero-order chi connectivity index (χ0) is 24.1. The molecule has 1 aromatic heterocycles. The normalized spacial score (nSPS) is 18.7. The summed E-state index contributed by atoms with van der Waals surface area (Å²) < 4.78 is 20.9. The largest absolute Gasteiger partial charge is 0.379 e. The zero-order valence-corrected chi connectivity index (χ0v) is 19.8. The van der Waals surface area contributed by atoms with Crippen LogP contribution in [0.5, 0.6) is 0 Å². The van der Waals surface area contributed by atoms with Crippen LogP contribution in [0.15, 0.2) is 47.7 Å². The van der Waals surface area contributed by atoms with Gasteiger partial charge in [-0.1, -0.05) is 19.1 Å². The average molecular weight is 470 g/mol. The fraction of sp³-hybridized carbons (Fsp3) is 0.480. The lowest BCUT2D eigenvalue weighted by molar-refractivity contribution is -0.141. The van der Waals surface area contributed by atoms with Crippen LogP contribution in [0.1, 0.15) is 37.1 Å². The van der Waals surface area contributed by atoms with Crippen molar-refractivity contribution in [2.24, 2.45) is 12.1 Å². The number of hydrogen-bond donors (Lipinski definition) is 0. The molecule has 8 nitrogen and oxygen atoms in total. The molecule has 1 saturated heterocycles. The fourth-order valence-electron chi connectivity index (χ4n) is 4.44. The van der Waals surface area contributed by atoms with Crippen molar-refractivity contribution in [2.45, 2.75) is 25.8 Å². The average Bonchev–Trinajstić information content (AvgIpc) is 3.48. The van der Waals surface area contributed by atoms with Crippen LogP contribution in [0.2, 0.25) is 0 Å². The van der Waals surface area contributed by atoms with Crippen molar-refractivity contribution in [3.05, 3.63) is 59.7 Å². The van der Waals surface area contributed by atoms with E-state index in [0.29, 0.717) is 39.1 Å². The van der Waals surface area contributed by atoms with Gasteiger partial charge in [0.25, 0.3) is 5.91 Å². The van der Waals surface area contributed by atoms with E-state index in [2.05, 4.69) is 10.0 Å². The Balaban J connectivity index is 1.53. The van der Waals surface area contributed by atoms with Gasteiger partial charge in [-0.15, -0.1) is 0 Å². The minimum Gasteiger partial charge on any atom is -0.379 e. The lowest BCUT2D eigenvalue weighted by Gasteiger charge is -2.31. The standard InChI is InChI=1S/C25H32FN5O3/c1-3-24(32)30(12-11-29-13-15-34-16-14-29)18-25(33)31-23(19-6-8-20(26)9-7-19)17-21(27-31)22-5-4-10-28(22)2/h4-10,23H,3,11-18H2,1-2H3. The number of carbonyl (C=O) groups excluding carboxylic acids is 2. The van der Waals surface area contributed by atoms with Gasteiger partial charge in [0.1, 0.15) is 12.4 Å². The minimum atomic E-state index is -0.351. The first kappa shape index (κ1) is 24.1. The van der Waals surface area contributed by atoms with Gasteiger partial charge in [0.15, 0.2) is 0 Å². The smallest absolute Gasteiger partial charge is 0.262 e. The highest BCUT2D eigenvalue weighted by Crippen LogP contribution is 2.33. The summed E-state index contributed by atoms with van der Waals surface area (Å²) in [6.45, 7) is 5.95. The number of amides is 2. The maximum absolute atomic E-state index is 13.6. The van der Waals surface area contributed by atoms with Crippen LogP contribution < -0.4 is 0 Å². The van der Waals surface area contributed by atoms with Crippen LogP contribution >= 0.6 is 0 Å². The predicted molar refractivity (Wildman–Crippen MR) is 127 cm³/mol. The molecule has 1 fully saturated rings. The SMILES string of the molecule is CCC(=O)N(CCN1CCOCC1)CC(=O)N1N=C(c2cccn2C)CC1c1ccc(F)cc1. The van der Waals surface area contributed by atoms with Crippen LogP contribution in [-0.4, -0.2) is 82.8 Å². The molecule has 0 spiro atoms. The van der Waals surface area contributed by atoms with E-state index in [9.17, 15) is 14.0 Å². The number of ether oxygens (including phenoxy) is 1. The quantitative estimate of drug-likeness (QED) is 0.596.